The zero-order valence-electron chi connectivity index (χ0n) is 15.5. The Balaban J connectivity index is 2.05. The molecule has 144 valence electrons. The van der Waals surface area contributed by atoms with Crippen LogP contribution in [0.5, 0.6) is 11.6 Å². The molecule has 0 saturated carbocycles. The summed E-state index contributed by atoms with van der Waals surface area (Å²) in [4.78, 5) is 25.1. The molecule has 0 radical (unpaired) electrons. The maximum atomic E-state index is 13.6. The molecule has 0 aliphatic carbocycles. The van der Waals surface area contributed by atoms with E-state index in [2.05, 4.69) is 10.4 Å². The average molecular weight is 383 g/mol. The fourth-order valence-electron chi connectivity index (χ4n) is 2.64. The molecule has 0 fully saturated rings. The highest BCUT2D eigenvalue weighted by Crippen LogP contribution is 2.25. The number of hydrogen-bond donors (Lipinski definition) is 1. The number of nitrogens with one attached hydrogen (secondary N) is 1. The largest absolute Gasteiger partial charge is 0.495 e. The number of methoxy groups -OCH3 is 2. The summed E-state index contributed by atoms with van der Waals surface area (Å²) in [5.74, 6) is -0.699. The molecule has 0 unspecified atom stereocenters. The number of anilines is 1. The smallest absolute Gasteiger partial charge is 0.280 e. The van der Waals surface area contributed by atoms with Crippen LogP contribution in [0, 0.1) is 12.7 Å². The second-order valence-corrected chi connectivity index (χ2v) is 5.95. The van der Waals surface area contributed by atoms with Gasteiger partial charge in [0, 0.05) is 0 Å². The zero-order valence-corrected chi connectivity index (χ0v) is 15.5. The first kappa shape index (κ1) is 19.1. The van der Waals surface area contributed by atoms with Gasteiger partial charge in [0.2, 0.25) is 11.3 Å². The average Bonchev–Trinajstić information content (AvgIpc) is 2.67. The molecule has 0 atom stereocenters. The van der Waals surface area contributed by atoms with Crippen LogP contribution in [0.1, 0.15) is 16.1 Å². The number of rotatable bonds is 5. The van der Waals surface area contributed by atoms with Crippen molar-refractivity contribution in [1.82, 2.24) is 9.78 Å². The van der Waals surface area contributed by atoms with Crippen molar-refractivity contribution in [2.45, 2.75) is 6.92 Å². The SMILES string of the molecule is COc1ccc(C)cc1NC(=O)c1nn(-c2cccc(F)c2)c(OC)cc1=O. The fraction of sp³-hybridized carbons (Fsp3) is 0.150. The van der Waals surface area contributed by atoms with Crippen molar-refractivity contribution < 1.29 is 18.7 Å². The van der Waals surface area contributed by atoms with Crippen LogP contribution in [0.4, 0.5) is 10.1 Å². The van der Waals surface area contributed by atoms with E-state index in [9.17, 15) is 14.0 Å². The van der Waals surface area contributed by atoms with Gasteiger partial charge in [0.05, 0.1) is 31.7 Å². The number of ether oxygens (including phenoxy) is 2. The summed E-state index contributed by atoms with van der Waals surface area (Å²) in [5.41, 5.74) is 0.610. The molecule has 1 aromatic heterocycles. The highest BCUT2D eigenvalue weighted by Gasteiger charge is 2.19. The molecule has 0 aliphatic heterocycles. The Labute approximate surface area is 160 Å². The minimum Gasteiger partial charge on any atom is -0.495 e. The first-order valence-electron chi connectivity index (χ1n) is 8.33. The number of hydrogen-bond acceptors (Lipinski definition) is 5. The second kappa shape index (κ2) is 7.91. The summed E-state index contributed by atoms with van der Waals surface area (Å²) in [6, 6.07) is 11.9. The van der Waals surface area contributed by atoms with Gasteiger partial charge >= 0.3 is 0 Å². The molecule has 1 N–H and O–H groups in total. The third-order valence-corrected chi connectivity index (χ3v) is 3.98. The molecule has 1 heterocycles. The molecule has 3 aromatic rings. The Kier molecular flexibility index (Phi) is 5.39. The van der Waals surface area contributed by atoms with Gasteiger partial charge in [0.15, 0.2) is 5.69 Å². The molecule has 0 aliphatic rings. The van der Waals surface area contributed by atoms with Crippen LogP contribution in [-0.2, 0) is 0 Å². The summed E-state index contributed by atoms with van der Waals surface area (Å²) in [7, 11) is 2.83. The lowest BCUT2D eigenvalue weighted by Crippen LogP contribution is -2.26. The predicted octanol–water partition coefficient (Wildman–Crippen LogP) is 2.95. The third-order valence-electron chi connectivity index (χ3n) is 3.98. The maximum absolute atomic E-state index is 13.6. The van der Waals surface area contributed by atoms with E-state index >= 15 is 0 Å². The predicted molar refractivity (Wildman–Crippen MR) is 102 cm³/mol. The highest BCUT2D eigenvalue weighted by molar-refractivity contribution is 6.03. The molecule has 0 saturated heterocycles. The first-order valence-corrected chi connectivity index (χ1v) is 8.33. The minimum atomic E-state index is -0.721. The van der Waals surface area contributed by atoms with Crippen molar-refractivity contribution in [3.05, 3.63) is 75.8 Å². The Bertz CT molecular complexity index is 1100. The van der Waals surface area contributed by atoms with Crippen LogP contribution in [0.3, 0.4) is 0 Å². The second-order valence-electron chi connectivity index (χ2n) is 5.95. The number of nitrogens with zero attached hydrogens (tertiary/aromatic N) is 2. The van der Waals surface area contributed by atoms with Crippen molar-refractivity contribution in [1.29, 1.82) is 0 Å². The summed E-state index contributed by atoms with van der Waals surface area (Å²) < 4.78 is 25.2. The standard InChI is InChI=1S/C20H18FN3O4/c1-12-7-8-17(27-2)15(9-12)22-20(26)19-16(25)11-18(28-3)24(23-19)14-6-4-5-13(21)10-14/h4-11H,1-3H3,(H,22,26). The maximum Gasteiger partial charge on any atom is 0.280 e. The topological polar surface area (TPSA) is 82.4 Å². The Morgan fingerprint density at radius 3 is 2.57 bits per heavy atom. The summed E-state index contributed by atoms with van der Waals surface area (Å²) in [6.45, 7) is 1.86. The van der Waals surface area contributed by atoms with Gasteiger partial charge in [-0.15, -0.1) is 0 Å². The Hall–Kier alpha value is -3.68. The van der Waals surface area contributed by atoms with E-state index in [1.54, 1.807) is 18.2 Å². The van der Waals surface area contributed by atoms with Crippen molar-refractivity contribution in [3.63, 3.8) is 0 Å². The molecule has 3 rings (SSSR count). The van der Waals surface area contributed by atoms with E-state index in [0.717, 1.165) is 11.6 Å². The van der Waals surface area contributed by atoms with Crippen LogP contribution in [0.15, 0.2) is 53.3 Å². The van der Waals surface area contributed by atoms with E-state index in [1.807, 2.05) is 13.0 Å². The number of carbonyl (C=O) groups excluding carboxylic acids is 1. The van der Waals surface area contributed by atoms with Crippen LogP contribution in [0.2, 0.25) is 0 Å². The molecular weight excluding hydrogens is 365 g/mol. The minimum absolute atomic E-state index is 0.0697. The number of aromatic nitrogens is 2. The Morgan fingerprint density at radius 2 is 1.89 bits per heavy atom. The van der Waals surface area contributed by atoms with E-state index in [-0.39, 0.29) is 11.6 Å². The van der Waals surface area contributed by atoms with Crippen molar-refractivity contribution >= 4 is 11.6 Å². The quantitative estimate of drug-likeness (QED) is 0.733. The zero-order chi connectivity index (χ0) is 20.3. The van der Waals surface area contributed by atoms with Crippen LogP contribution < -0.4 is 20.2 Å². The summed E-state index contributed by atoms with van der Waals surface area (Å²) in [6.07, 6.45) is 0. The number of carbonyl (C=O) groups is 1. The van der Waals surface area contributed by atoms with Gasteiger partial charge in [-0.1, -0.05) is 12.1 Å². The van der Waals surface area contributed by atoms with E-state index in [0.29, 0.717) is 17.1 Å². The van der Waals surface area contributed by atoms with Gasteiger partial charge in [-0.3, -0.25) is 9.59 Å². The van der Waals surface area contributed by atoms with Crippen molar-refractivity contribution in [2.75, 3.05) is 19.5 Å². The van der Waals surface area contributed by atoms with Crippen molar-refractivity contribution in [2.24, 2.45) is 0 Å². The lowest BCUT2D eigenvalue weighted by molar-refractivity contribution is 0.101. The number of aryl methyl sites for hydroxylation is 1. The summed E-state index contributed by atoms with van der Waals surface area (Å²) in [5, 5.41) is 6.72. The number of halogens is 1. The van der Waals surface area contributed by atoms with E-state index in [4.69, 9.17) is 9.47 Å². The fourth-order valence-corrected chi connectivity index (χ4v) is 2.64. The number of amides is 1. The monoisotopic (exact) mass is 383 g/mol. The van der Waals surface area contributed by atoms with Gasteiger partial charge in [-0.05, 0) is 42.8 Å². The molecule has 1 amide bonds. The first-order chi connectivity index (χ1) is 13.4. The van der Waals surface area contributed by atoms with Crippen LogP contribution in [-0.4, -0.2) is 29.9 Å². The van der Waals surface area contributed by atoms with Crippen LogP contribution >= 0.6 is 0 Å². The molecular formula is C20H18FN3O4. The Morgan fingerprint density at radius 1 is 1.11 bits per heavy atom. The van der Waals surface area contributed by atoms with Gasteiger partial charge in [-0.2, -0.15) is 5.10 Å². The highest BCUT2D eigenvalue weighted by atomic mass is 19.1. The third kappa shape index (κ3) is 3.85. The van der Waals surface area contributed by atoms with E-state index in [1.165, 1.54) is 37.1 Å². The number of benzene rings is 2. The molecule has 2 aromatic carbocycles. The normalized spacial score (nSPS) is 10.4. The van der Waals surface area contributed by atoms with Gasteiger partial charge in [0.25, 0.3) is 5.91 Å². The molecule has 8 heteroatoms. The molecule has 0 bridgehead atoms. The summed E-state index contributed by atoms with van der Waals surface area (Å²) >= 11 is 0. The van der Waals surface area contributed by atoms with Crippen molar-refractivity contribution in [3.8, 4) is 17.3 Å². The lowest BCUT2D eigenvalue weighted by atomic mass is 10.2. The lowest BCUT2D eigenvalue weighted by Gasteiger charge is -2.14. The van der Waals surface area contributed by atoms with Gasteiger partial charge < -0.3 is 14.8 Å². The molecule has 7 nitrogen and oxygen atoms in total. The molecule has 0 spiro atoms. The van der Waals surface area contributed by atoms with E-state index < -0.39 is 17.2 Å². The van der Waals surface area contributed by atoms with Gasteiger partial charge in [0.1, 0.15) is 11.6 Å². The van der Waals surface area contributed by atoms with Gasteiger partial charge in [-0.25, -0.2) is 9.07 Å². The van der Waals surface area contributed by atoms with Crippen LogP contribution in [0.25, 0.3) is 5.69 Å². The molecule has 28 heavy (non-hydrogen) atoms.